The molecule has 1 N–H and O–H groups in total. The van der Waals surface area contributed by atoms with Crippen LogP contribution in [-0.2, 0) is 9.53 Å². The summed E-state index contributed by atoms with van der Waals surface area (Å²) in [7, 11) is 1.40. The highest BCUT2D eigenvalue weighted by Crippen LogP contribution is 2.24. The van der Waals surface area contributed by atoms with Crippen LogP contribution in [0.25, 0.3) is 0 Å². The van der Waals surface area contributed by atoms with E-state index in [9.17, 15) is 4.79 Å². The zero-order valence-electron chi connectivity index (χ0n) is 11.4. The summed E-state index contributed by atoms with van der Waals surface area (Å²) >= 11 is 7.56. The van der Waals surface area contributed by atoms with Gasteiger partial charge in [0.05, 0.1) is 12.1 Å². The molecule has 1 heterocycles. The molecule has 0 aromatic carbocycles. The van der Waals surface area contributed by atoms with Crippen LogP contribution in [0, 0.1) is 0 Å². The van der Waals surface area contributed by atoms with Crippen LogP contribution in [0.4, 0.5) is 0 Å². The van der Waals surface area contributed by atoms with Crippen LogP contribution >= 0.6 is 23.4 Å². The summed E-state index contributed by atoms with van der Waals surface area (Å²) in [5.74, 6) is 0.511. The van der Waals surface area contributed by atoms with E-state index >= 15 is 0 Å². The smallest absolute Gasteiger partial charge is 0.322 e. The first-order valence-electron chi connectivity index (χ1n) is 6.11. The van der Waals surface area contributed by atoms with E-state index in [2.05, 4.69) is 10.3 Å². The molecule has 1 atom stereocenters. The van der Waals surface area contributed by atoms with Crippen molar-refractivity contribution in [1.82, 2.24) is 10.3 Å². The van der Waals surface area contributed by atoms with Crippen LogP contribution < -0.4 is 5.32 Å². The molecule has 106 valence electrons. The molecule has 0 aliphatic rings. The van der Waals surface area contributed by atoms with Gasteiger partial charge in [-0.1, -0.05) is 25.4 Å². The van der Waals surface area contributed by atoms with Crippen LogP contribution in [0.1, 0.15) is 20.3 Å². The standard InChI is InChI=1S/C13H19ClN2O2S/c1-9(2)16-11(13(17)18-3)6-8-19-12-10(14)5-4-7-15-12/h4-5,7,9,11,16H,6,8H2,1-3H3. The Morgan fingerprint density at radius 3 is 2.89 bits per heavy atom. The number of carbonyl (C=O) groups is 1. The molecule has 0 bridgehead atoms. The Morgan fingerprint density at radius 2 is 2.32 bits per heavy atom. The molecule has 0 amide bonds. The maximum absolute atomic E-state index is 11.6. The van der Waals surface area contributed by atoms with Crippen molar-refractivity contribution < 1.29 is 9.53 Å². The number of methoxy groups -OCH3 is 1. The fourth-order valence-corrected chi connectivity index (χ4v) is 2.74. The van der Waals surface area contributed by atoms with Gasteiger partial charge >= 0.3 is 5.97 Å². The molecule has 1 rings (SSSR count). The molecule has 0 aliphatic carbocycles. The molecule has 0 saturated carbocycles. The molecule has 0 aliphatic heterocycles. The van der Waals surface area contributed by atoms with Gasteiger partial charge in [0.2, 0.25) is 0 Å². The van der Waals surface area contributed by atoms with Crippen molar-refractivity contribution in [3.63, 3.8) is 0 Å². The van der Waals surface area contributed by atoms with Crippen molar-refractivity contribution >= 4 is 29.3 Å². The minimum absolute atomic E-state index is 0.229. The number of pyridine rings is 1. The second kappa shape index (κ2) is 8.40. The van der Waals surface area contributed by atoms with Crippen molar-refractivity contribution in [2.45, 2.75) is 37.4 Å². The Kier molecular flexibility index (Phi) is 7.20. The minimum Gasteiger partial charge on any atom is -0.468 e. The molecule has 6 heteroatoms. The van der Waals surface area contributed by atoms with Gasteiger partial charge in [-0.15, -0.1) is 11.8 Å². The number of thioether (sulfide) groups is 1. The summed E-state index contributed by atoms with van der Waals surface area (Å²) in [5, 5.41) is 4.62. The normalized spacial score (nSPS) is 12.5. The molecular formula is C13H19ClN2O2S. The number of nitrogens with one attached hydrogen (secondary N) is 1. The molecule has 1 unspecified atom stereocenters. The SMILES string of the molecule is COC(=O)C(CCSc1ncccc1Cl)NC(C)C. The molecule has 0 radical (unpaired) electrons. The van der Waals surface area contributed by atoms with Crippen molar-refractivity contribution in [1.29, 1.82) is 0 Å². The maximum Gasteiger partial charge on any atom is 0.322 e. The zero-order valence-corrected chi connectivity index (χ0v) is 12.9. The van der Waals surface area contributed by atoms with Crippen LogP contribution in [0.2, 0.25) is 5.02 Å². The highest BCUT2D eigenvalue weighted by molar-refractivity contribution is 7.99. The Bertz CT molecular complexity index is 415. The summed E-state index contributed by atoms with van der Waals surface area (Å²) in [6.07, 6.45) is 2.38. The number of carbonyl (C=O) groups excluding carboxylic acids is 1. The highest BCUT2D eigenvalue weighted by atomic mass is 35.5. The topological polar surface area (TPSA) is 51.2 Å². The van der Waals surface area contributed by atoms with Gasteiger partial charge in [-0.05, 0) is 18.6 Å². The van der Waals surface area contributed by atoms with Gasteiger partial charge in [0.1, 0.15) is 11.1 Å². The molecule has 0 fully saturated rings. The van der Waals surface area contributed by atoms with Gasteiger partial charge in [-0.25, -0.2) is 4.98 Å². The van der Waals surface area contributed by atoms with E-state index in [1.807, 2.05) is 13.8 Å². The number of nitrogens with zero attached hydrogens (tertiary/aromatic N) is 1. The lowest BCUT2D eigenvalue weighted by Crippen LogP contribution is -2.41. The Hall–Kier alpha value is -0.780. The molecule has 1 aromatic heterocycles. The summed E-state index contributed by atoms with van der Waals surface area (Å²) in [5.41, 5.74) is 0. The first-order valence-corrected chi connectivity index (χ1v) is 7.48. The van der Waals surface area contributed by atoms with Crippen molar-refractivity contribution in [3.8, 4) is 0 Å². The fourth-order valence-electron chi connectivity index (χ4n) is 1.56. The molecule has 19 heavy (non-hydrogen) atoms. The fraction of sp³-hybridized carbons (Fsp3) is 0.538. The molecule has 0 spiro atoms. The van der Waals surface area contributed by atoms with Crippen molar-refractivity contribution in [3.05, 3.63) is 23.4 Å². The second-order valence-electron chi connectivity index (χ2n) is 4.32. The number of aromatic nitrogens is 1. The summed E-state index contributed by atoms with van der Waals surface area (Å²) in [6, 6.07) is 3.54. The zero-order chi connectivity index (χ0) is 14.3. The predicted molar refractivity (Wildman–Crippen MR) is 78.7 cm³/mol. The maximum atomic E-state index is 11.6. The van der Waals surface area contributed by atoms with E-state index in [0.717, 1.165) is 10.8 Å². The van der Waals surface area contributed by atoms with E-state index in [0.29, 0.717) is 11.4 Å². The Labute approximate surface area is 123 Å². The van der Waals surface area contributed by atoms with Crippen LogP contribution in [0.15, 0.2) is 23.4 Å². The second-order valence-corrected chi connectivity index (χ2v) is 5.82. The largest absolute Gasteiger partial charge is 0.468 e. The van der Waals surface area contributed by atoms with E-state index < -0.39 is 0 Å². The number of hydrogen-bond donors (Lipinski definition) is 1. The summed E-state index contributed by atoms with van der Waals surface area (Å²) in [6.45, 7) is 4.00. The lowest BCUT2D eigenvalue weighted by molar-refractivity contribution is -0.143. The summed E-state index contributed by atoms with van der Waals surface area (Å²) < 4.78 is 4.79. The number of halogens is 1. The minimum atomic E-state index is -0.292. The number of ether oxygens (including phenoxy) is 1. The molecule has 4 nitrogen and oxygen atoms in total. The first-order chi connectivity index (χ1) is 9.04. The van der Waals surface area contributed by atoms with Gasteiger partial charge in [0.15, 0.2) is 0 Å². The van der Waals surface area contributed by atoms with Crippen LogP contribution in [0.3, 0.4) is 0 Å². The Morgan fingerprint density at radius 1 is 1.58 bits per heavy atom. The molecule has 0 saturated heterocycles. The first kappa shape index (κ1) is 16.3. The monoisotopic (exact) mass is 302 g/mol. The van der Waals surface area contributed by atoms with E-state index in [4.69, 9.17) is 16.3 Å². The number of hydrogen-bond acceptors (Lipinski definition) is 5. The average molecular weight is 303 g/mol. The average Bonchev–Trinajstić information content (AvgIpc) is 2.38. The van der Waals surface area contributed by atoms with Gasteiger partial charge < -0.3 is 10.1 Å². The quantitative estimate of drug-likeness (QED) is 0.620. The Balaban J connectivity index is 2.48. The third-order valence-corrected chi connectivity index (χ3v) is 3.85. The third-order valence-electron chi connectivity index (χ3n) is 2.39. The van der Waals surface area contributed by atoms with E-state index in [-0.39, 0.29) is 18.1 Å². The van der Waals surface area contributed by atoms with Crippen molar-refractivity contribution in [2.75, 3.05) is 12.9 Å². The lowest BCUT2D eigenvalue weighted by atomic mass is 10.2. The van der Waals surface area contributed by atoms with E-state index in [1.165, 1.54) is 18.9 Å². The number of rotatable bonds is 7. The van der Waals surface area contributed by atoms with Gasteiger partial charge in [0, 0.05) is 18.0 Å². The van der Waals surface area contributed by atoms with Crippen LogP contribution in [-0.4, -0.2) is 35.9 Å². The third kappa shape index (κ3) is 5.80. The highest BCUT2D eigenvalue weighted by Gasteiger charge is 2.19. The molecular weight excluding hydrogens is 284 g/mol. The van der Waals surface area contributed by atoms with Gasteiger partial charge in [-0.3, -0.25) is 4.79 Å². The lowest BCUT2D eigenvalue weighted by Gasteiger charge is -2.18. The predicted octanol–water partition coefficient (Wildman–Crippen LogP) is 2.76. The van der Waals surface area contributed by atoms with Gasteiger partial charge in [-0.2, -0.15) is 0 Å². The van der Waals surface area contributed by atoms with E-state index in [1.54, 1.807) is 18.3 Å². The van der Waals surface area contributed by atoms with Gasteiger partial charge in [0.25, 0.3) is 0 Å². The van der Waals surface area contributed by atoms with Crippen molar-refractivity contribution in [2.24, 2.45) is 0 Å². The molecule has 1 aromatic rings. The number of esters is 1. The summed E-state index contributed by atoms with van der Waals surface area (Å²) in [4.78, 5) is 15.8. The van der Waals surface area contributed by atoms with Crippen LogP contribution in [0.5, 0.6) is 0 Å².